The first kappa shape index (κ1) is 8.51. The van der Waals surface area contributed by atoms with Crippen LogP contribution in [0, 0.1) is 0 Å². The van der Waals surface area contributed by atoms with E-state index in [-0.39, 0.29) is 5.88 Å². The zero-order valence-corrected chi connectivity index (χ0v) is 7.02. The van der Waals surface area contributed by atoms with Gasteiger partial charge in [-0.15, -0.1) is 0 Å². The molecule has 0 aliphatic rings. The van der Waals surface area contributed by atoms with Gasteiger partial charge in [-0.1, -0.05) is 0 Å². The molecule has 58 valence electrons. The van der Waals surface area contributed by atoms with Gasteiger partial charge < -0.3 is 14.7 Å². The van der Waals surface area contributed by atoms with Crippen LogP contribution >= 0.6 is 15.9 Å². The lowest BCUT2D eigenvalue weighted by molar-refractivity contribution is 0.283. The Morgan fingerprint density at radius 2 is 2.18 bits per heavy atom. The molecule has 6 heteroatoms. The second-order valence-electron chi connectivity index (χ2n) is 1.76. The van der Waals surface area contributed by atoms with Gasteiger partial charge in [0.25, 0.3) is 0 Å². The average Bonchev–Trinajstić information content (AvgIpc) is 1.93. The molecule has 2 N–H and O–H groups in total. The number of aromatic nitrogens is 1. The van der Waals surface area contributed by atoms with E-state index in [1.54, 1.807) is 6.07 Å². The summed E-state index contributed by atoms with van der Waals surface area (Å²) in [5.74, 6) is 0.170. The summed E-state index contributed by atoms with van der Waals surface area (Å²) in [6.45, 7) is 0. The summed E-state index contributed by atoms with van der Waals surface area (Å²) in [6, 6.07) is 3.20. The molecule has 0 unspecified atom stereocenters. The first-order chi connectivity index (χ1) is 5.18. The van der Waals surface area contributed by atoms with Crippen LogP contribution in [0.5, 0.6) is 5.88 Å². The van der Waals surface area contributed by atoms with Crippen molar-refractivity contribution in [2.45, 2.75) is 0 Å². The summed E-state index contributed by atoms with van der Waals surface area (Å²) < 4.78 is 5.25. The van der Waals surface area contributed by atoms with Crippen molar-refractivity contribution in [3.63, 3.8) is 0 Å². The van der Waals surface area contributed by atoms with Gasteiger partial charge in [-0.3, -0.25) is 0 Å². The van der Waals surface area contributed by atoms with Gasteiger partial charge in [-0.25, -0.2) is 4.98 Å². The highest BCUT2D eigenvalue weighted by Gasteiger charge is 2.11. The van der Waals surface area contributed by atoms with Gasteiger partial charge in [-0.2, -0.15) is 0 Å². The van der Waals surface area contributed by atoms with Crippen LogP contribution in [0.3, 0.4) is 0 Å². The van der Waals surface area contributed by atoms with Gasteiger partial charge in [0.05, 0.1) is 0 Å². The largest absolute Gasteiger partial charge is 0.708 e. The molecule has 4 nitrogen and oxygen atoms in total. The quantitative estimate of drug-likeness (QED) is 0.695. The maximum absolute atomic E-state index is 8.36. The lowest BCUT2D eigenvalue weighted by Gasteiger charge is -2.01. The molecule has 1 heterocycles. The fourth-order valence-electron chi connectivity index (χ4n) is 0.540. The van der Waals surface area contributed by atoms with Gasteiger partial charge in [0.15, 0.2) is 5.88 Å². The van der Waals surface area contributed by atoms with Gasteiger partial charge in [-0.05, 0) is 28.1 Å². The summed E-state index contributed by atoms with van der Waals surface area (Å²) >= 11 is 3.17. The van der Waals surface area contributed by atoms with Crippen molar-refractivity contribution in [2.24, 2.45) is 0 Å². The third-order valence-electron chi connectivity index (χ3n) is 0.926. The molecule has 0 aliphatic heterocycles. The highest BCUT2D eigenvalue weighted by Crippen LogP contribution is 2.11. The molecule has 1 rings (SSSR count). The Hall–Kier alpha value is -0.585. The first-order valence-corrected chi connectivity index (χ1v) is 3.62. The molecular weight excluding hydrogens is 213 g/mol. The van der Waals surface area contributed by atoms with Gasteiger partial charge in [0, 0.05) is 10.7 Å². The highest BCUT2D eigenvalue weighted by atomic mass is 79.9. The zero-order chi connectivity index (χ0) is 8.27. The first-order valence-electron chi connectivity index (χ1n) is 2.83. The fraction of sp³-hybridized carbons (Fsp3) is 0. The van der Waals surface area contributed by atoms with Gasteiger partial charge in [0.1, 0.15) is 0 Å². The lowest BCUT2D eigenvalue weighted by Crippen LogP contribution is -2.21. The van der Waals surface area contributed by atoms with Crippen LogP contribution < -0.4 is 4.65 Å². The molecular formula is C5H5BBrNO3. The number of rotatable bonds is 2. The fourth-order valence-corrected chi connectivity index (χ4v) is 0.775. The van der Waals surface area contributed by atoms with E-state index in [2.05, 4.69) is 25.6 Å². The topological polar surface area (TPSA) is 62.6 Å². The Labute approximate surface area is 72.1 Å². The molecule has 0 amide bonds. The predicted octanol–water partition coefficient (Wildman–Crippen LogP) is 0.192. The molecule has 0 fully saturated rings. The van der Waals surface area contributed by atoms with Crippen LogP contribution in [-0.4, -0.2) is 22.4 Å². The summed E-state index contributed by atoms with van der Waals surface area (Å²) in [5, 5.41) is 16.7. The van der Waals surface area contributed by atoms with Crippen LogP contribution in [0.2, 0.25) is 0 Å². The minimum Gasteiger partial charge on any atom is -0.498 e. The normalized spacial score (nSPS) is 9.36. The monoisotopic (exact) mass is 217 g/mol. The van der Waals surface area contributed by atoms with Crippen molar-refractivity contribution >= 4 is 23.3 Å². The minimum atomic E-state index is -1.82. The Balaban J connectivity index is 2.66. The maximum Gasteiger partial charge on any atom is 0.708 e. The summed E-state index contributed by atoms with van der Waals surface area (Å²) in [4.78, 5) is 3.73. The number of pyridine rings is 1. The predicted molar refractivity (Wildman–Crippen MR) is 42.8 cm³/mol. The second-order valence-corrected chi connectivity index (χ2v) is 2.67. The Morgan fingerprint density at radius 3 is 2.64 bits per heavy atom. The summed E-state index contributed by atoms with van der Waals surface area (Å²) in [5.41, 5.74) is 0. The molecule has 0 saturated heterocycles. The Morgan fingerprint density at radius 1 is 1.45 bits per heavy atom. The maximum atomic E-state index is 8.36. The van der Waals surface area contributed by atoms with Crippen molar-refractivity contribution in [3.8, 4) is 5.88 Å². The molecule has 11 heavy (non-hydrogen) atoms. The molecule has 0 atom stereocenters. The van der Waals surface area contributed by atoms with E-state index in [0.29, 0.717) is 0 Å². The summed E-state index contributed by atoms with van der Waals surface area (Å²) in [6.07, 6.45) is 1.50. The average molecular weight is 218 g/mol. The lowest BCUT2D eigenvalue weighted by atomic mass is 10.3. The highest BCUT2D eigenvalue weighted by molar-refractivity contribution is 9.10. The molecule has 0 aromatic carbocycles. The third-order valence-corrected chi connectivity index (χ3v) is 1.40. The number of halogens is 1. The van der Waals surface area contributed by atoms with Crippen LogP contribution in [0.1, 0.15) is 0 Å². The van der Waals surface area contributed by atoms with Crippen LogP contribution in [0.4, 0.5) is 0 Å². The van der Waals surface area contributed by atoms with Crippen molar-refractivity contribution < 1.29 is 14.7 Å². The van der Waals surface area contributed by atoms with Gasteiger partial charge in [0.2, 0.25) is 0 Å². The van der Waals surface area contributed by atoms with E-state index >= 15 is 0 Å². The number of hydrogen-bond donors (Lipinski definition) is 2. The Bertz CT molecular complexity index is 228. The standard InChI is InChI=1S/C5H5BBrNO3/c7-4-1-2-5(8-3-4)11-6(9)10/h1-3,9-10H. The molecule has 0 bridgehead atoms. The summed E-state index contributed by atoms with van der Waals surface area (Å²) in [7, 11) is -1.82. The second kappa shape index (κ2) is 3.70. The third kappa shape index (κ3) is 2.88. The Kier molecular flexibility index (Phi) is 2.87. The van der Waals surface area contributed by atoms with E-state index in [0.717, 1.165) is 4.47 Å². The van der Waals surface area contributed by atoms with Crippen molar-refractivity contribution in [1.82, 2.24) is 4.98 Å². The molecule has 0 spiro atoms. The molecule has 0 saturated carbocycles. The van der Waals surface area contributed by atoms with E-state index < -0.39 is 7.32 Å². The van der Waals surface area contributed by atoms with E-state index in [1.807, 2.05) is 0 Å². The van der Waals surface area contributed by atoms with E-state index in [9.17, 15) is 0 Å². The molecule has 1 aromatic rings. The minimum absolute atomic E-state index is 0.170. The van der Waals surface area contributed by atoms with Crippen molar-refractivity contribution in [3.05, 3.63) is 22.8 Å². The van der Waals surface area contributed by atoms with Gasteiger partial charge >= 0.3 is 7.32 Å². The van der Waals surface area contributed by atoms with E-state index in [1.165, 1.54) is 12.3 Å². The molecule has 1 aromatic heterocycles. The smallest absolute Gasteiger partial charge is 0.498 e. The zero-order valence-electron chi connectivity index (χ0n) is 5.44. The van der Waals surface area contributed by atoms with Crippen LogP contribution in [-0.2, 0) is 0 Å². The number of nitrogens with zero attached hydrogens (tertiary/aromatic N) is 1. The van der Waals surface area contributed by atoms with Crippen molar-refractivity contribution in [1.29, 1.82) is 0 Å². The van der Waals surface area contributed by atoms with E-state index in [4.69, 9.17) is 10.0 Å². The molecule has 0 radical (unpaired) electrons. The van der Waals surface area contributed by atoms with Crippen LogP contribution in [0.25, 0.3) is 0 Å². The number of hydrogen-bond acceptors (Lipinski definition) is 4. The molecule has 0 aliphatic carbocycles. The van der Waals surface area contributed by atoms with Crippen molar-refractivity contribution in [2.75, 3.05) is 0 Å². The van der Waals surface area contributed by atoms with Crippen LogP contribution in [0.15, 0.2) is 22.8 Å². The SMILES string of the molecule is OB(O)Oc1ccc(Br)cn1.